The molecule has 1 unspecified atom stereocenters. The van der Waals surface area contributed by atoms with Crippen molar-refractivity contribution in [2.75, 3.05) is 38.7 Å². The van der Waals surface area contributed by atoms with E-state index in [1.54, 1.807) is 7.05 Å². The molecule has 2 heterocycles. The Bertz CT molecular complexity index is 897. The number of hydrogen-bond donors (Lipinski definition) is 3. The molecule has 2 aliphatic heterocycles. The van der Waals surface area contributed by atoms with E-state index >= 15 is 0 Å². The summed E-state index contributed by atoms with van der Waals surface area (Å²) in [4.78, 5) is 16.5. The topological polar surface area (TPSA) is 74.8 Å². The molecule has 7 heteroatoms. The summed E-state index contributed by atoms with van der Waals surface area (Å²) < 4.78 is 5.64. The average Bonchev–Trinajstić information content (AvgIpc) is 2.80. The van der Waals surface area contributed by atoms with Crippen molar-refractivity contribution in [1.82, 2.24) is 10.6 Å². The molecule has 0 saturated carbocycles. The summed E-state index contributed by atoms with van der Waals surface area (Å²) in [6.45, 7) is 3.00. The minimum atomic E-state index is 0. The molecular formula is C24H31IN4O2. The number of guanidine groups is 1. The Hall–Kier alpha value is -2.13. The van der Waals surface area contributed by atoms with Crippen LogP contribution in [-0.4, -0.2) is 45.2 Å². The standard InChI is InChI=1S/C24H30N4O2.HI/c1-25-23(26-16-18-15-22(29)28-21-10-6-5-9-20(18)21)27-17-24(11-13-30-14-12-24)19-7-3-2-4-8-19;/h2-10,18H,11-17H2,1H3,(H,28,29)(H2,25,26,27);1H. The maximum Gasteiger partial charge on any atom is 0.225 e. The van der Waals surface area contributed by atoms with Gasteiger partial charge in [-0.15, -0.1) is 24.0 Å². The Labute approximate surface area is 201 Å². The lowest BCUT2D eigenvalue weighted by Gasteiger charge is -2.38. The quantitative estimate of drug-likeness (QED) is 0.311. The number of anilines is 1. The first-order chi connectivity index (χ1) is 14.7. The number of hydrogen-bond acceptors (Lipinski definition) is 3. The second-order valence-electron chi connectivity index (χ2n) is 8.10. The van der Waals surface area contributed by atoms with Crippen LogP contribution in [0.4, 0.5) is 5.69 Å². The molecule has 166 valence electrons. The minimum absolute atomic E-state index is 0. The van der Waals surface area contributed by atoms with Gasteiger partial charge in [0.05, 0.1) is 0 Å². The number of carbonyl (C=O) groups is 1. The number of amides is 1. The Morgan fingerprint density at radius 3 is 2.55 bits per heavy atom. The van der Waals surface area contributed by atoms with Crippen LogP contribution in [0.1, 0.15) is 36.3 Å². The first-order valence-corrected chi connectivity index (χ1v) is 10.7. The van der Waals surface area contributed by atoms with Crippen LogP contribution in [0.15, 0.2) is 59.6 Å². The van der Waals surface area contributed by atoms with Gasteiger partial charge in [-0.2, -0.15) is 0 Å². The van der Waals surface area contributed by atoms with Crippen molar-refractivity contribution in [1.29, 1.82) is 0 Å². The maximum atomic E-state index is 12.1. The molecule has 0 radical (unpaired) electrons. The summed E-state index contributed by atoms with van der Waals surface area (Å²) in [7, 11) is 1.79. The average molecular weight is 534 g/mol. The summed E-state index contributed by atoms with van der Waals surface area (Å²) in [5.41, 5.74) is 3.46. The highest BCUT2D eigenvalue weighted by molar-refractivity contribution is 14.0. The lowest BCUT2D eigenvalue weighted by atomic mass is 9.74. The first kappa shape index (κ1) is 23.5. The van der Waals surface area contributed by atoms with Crippen molar-refractivity contribution in [3.8, 4) is 0 Å². The molecule has 1 amide bonds. The van der Waals surface area contributed by atoms with Gasteiger partial charge in [0.15, 0.2) is 5.96 Å². The van der Waals surface area contributed by atoms with Gasteiger partial charge in [0.2, 0.25) is 5.91 Å². The number of rotatable bonds is 5. The summed E-state index contributed by atoms with van der Waals surface area (Å²) in [5, 5.41) is 9.93. The predicted molar refractivity (Wildman–Crippen MR) is 135 cm³/mol. The zero-order chi connectivity index (χ0) is 20.8. The first-order valence-electron chi connectivity index (χ1n) is 10.7. The molecule has 3 N–H and O–H groups in total. The molecule has 6 nitrogen and oxygen atoms in total. The molecule has 0 bridgehead atoms. The van der Waals surface area contributed by atoms with Crippen molar-refractivity contribution >= 4 is 41.5 Å². The third kappa shape index (κ3) is 5.57. The number of nitrogens with zero attached hydrogens (tertiary/aromatic N) is 1. The molecule has 0 aliphatic carbocycles. The van der Waals surface area contributed by atoms with Gasteiger partial charge in [-0.3, -0.25) is 9.79 Å². The van der Waals surface area contributed by atoms with E-state index in [-0.39, 0.29) is 41.2 Å². The van der Waals surface area contributed by atoms with Gasteiger partial charge in [-0.25, -0.2) is 0 Å². The van der Waals surface area contributed by atoms with Crippen molar-refractivity contribution in [3.63, 3.8) is 0 Å². The van der Waals surface area contributed by atoms with Gasteiger partial charge < -0.3 is 20.7 Å². The molecule has 0 spiro atoms. The van der Waals surface area contributed by atoms with E-state index < -0.39 is 0 Å². The predicted octanol–water partition coefficient (Wildman–Crippen LogP) is 3.64. The van der Waals surface area contributed by atoms with Crippen LogP contribution in [0.2, 0.25) is 0 Å². The highest BCUT2D eigenvalue weighted by atomic mass is 127. The number of carbonyl (C=O) groups excluding carboxylic acids is 1. The van der Waals surface area contributed by atoms with Gasteiger partial charge in [-0.1, -0.05) is 48.5 Å². The summed E-state index contributed by atoms with van der Waals surface area (Å²) in [6, 6.07) is 18.7. The van der Waals surface area contributed by atoms with E-state index in [1.807, 2.05) is 18.2 Å². The fraction of sp³-hybridized carbons (Fsp3) is 0.417. The highest BCUT2D eigenvalue weighted by Gasteiger charge is 2.34. The van der Waals surface area contributed by atoms with E-state index in [4.69, 9.17) is 4.74 Å². The van der Waals surface area contributed by atoms with Gasteiger partial charge in [0.25, 0.3) is 0 Å². The second-order valence-corrected chi connectivity index (χ2v) is 8.10. The third-order valence-corrected chi connectivity index (χ3v) is 6.28. The number of ether oxygens (including phenoxy) is 1. The molecule has 2 aliphatic rings. The van der Waals surface area contributed by atoms with Crippen LogP contribution < -0.4 is 16.0 Å². The van der Waals surface area contributed by atoms with Gasteiger partial charge in [0.1, 0.15) is 0 Å². The monoisotopic (exact) mass is 534 g/mol. The normalized spacial score (nSPS) is 20.1. The molecule has 31 heavy (non-hydrogen) atoms. The molecule has 1 fully saturated rings. The largest absolute Gasteiger partial charge is 0.381 e. The van der Waals surface area contributed by atoms with Crippen LogP contribution in [0.25, 0.3) is 0 Å². The van der Waals surface area contributed by atoms with E-state index in [9.17, 15) is 4.79 Å². The Balaban J connectivity index is 0.00000272. The summed E-state index contributed by atoms with van der Waals surface area (Å²) in [5.74, 6) is 0.952. The molecular weight excluding hydrogens is 503 g/mol. The van der Waals surface area contributed by atoms with Crippen molar-refractivity contribution in [3.05, 3.63) is 65.7 Å². The van der Waals surface area contributed by atoms with E-state index in [0.29, 0.717) is 13.0 Å². The van der Waals surface area contributed by atoms with Crippen LogP contribution in [0.3, 0.4) is 0 Å². The molecule has 2 aromatic carbocycles. The fourth-order valence-corrected chi connectivity index (χ4v) is 4.50. The van der Waals surface area contributed by atoms with Gasteiger partial charge >= 0.3 is 0 Å². The Morgan fingerprint density at radius 1 is 1.10 bits per heavy atom. The van der Waals surface area contributed by atoms with Crippen LogP contribution in [0, 0.1) is 0 Å². The lowest BCUT2D eigenvalue weighted by molar-refractivity contribution is -0.116. The lowest BCUT2D eigenvalue weighted by Crippen LogP contribution is -2.48. The van der Waals surface area contributed by atoms with Crippen LogP contribution >= 0.6 is 24.0 Å². The number of aliphatic imine (C=N–C) groups is 1. The van der Waals surface area contributed by atoms with Crippen molar-refractivity contribution in [2.45, 2.75) is 30.6 Å². The Morgan fingerprint density at radius 2 is 1.81 bits per heavy atom. The minimum Gasteiger partial charge on any atom is -0.381 e. The smallest absolute Gasteiger partial charge is 0.225 e. The highest BCUT2D eigenvalue weighted by Crippen LogP contribution is 2.34. The SMILES string of the molecule is CN=C(NCC1CC(=O)Nc2ccccc21)NCC1(c2ccccc2)CCOCC1.I. The zero-order valence-electron chi connectivity index (χ0n) is 17.9. The summed E-state index contributed by atoms with van der Waals surface area (Å²) in [6.07, 6.45) is 2.45. The third-order valence-electron chi connectivity index (χ3n) is 6.28. The van der Waals surface area contributed by atoms with E-state index in [2.05, 4.69) is 57.3 Å². The molecule has 1 saturated heterocycles. The van der Waals surface area contributed by atoms with E-state index in [0.717, 1.165) is 44.2 Å². The van der Waals surface area contributed by atoms with Crippen LogP contribution in [0.5, 0.6) is 0 Å². The fourth-order valence-electron chi connectivity index (χ4n) is 4.50. The summed E-state index contributed by atoms with van der Waals surface area (Å²) >= 11 is 0. The zero-order valence-corrected chi connectivity index (χ0v) is 20.2. The van der Waals surface area contributed by atoms with Gasteiger partial charge in [0, 0.05) is 56.8 Å². The van der Waals surface area contributed by atoms with Crippen molar-refractivity contribution < 1.29 is 9.53 Å². The number of halogens is 1. The second kappa shape index (κ2) is 10.9. The van der Waals surface area contributed by atoms with Crippen molar-refractivity contribution in [2.24, 2.45) is 4.99 Å². The maximum absolute atomic E-state index is 12.1. The number of nitrogens with one attached hydrogen (secondary N) is 3. The molecule has 2 aromatic rings. The molecule has 1 atom stereocenters. The van der Waals surface area contributed by atoms with Crippen LogP contribution in [-0.2, 0) is 14.9 Å². The number of para-hydroxylation sites is 1. The molecule has 0 aromatic heterocycles. The Kier molecular flexibility index (Phi) is 8.31. The van der Waals surface area contributed by atoms with E-state index in [1.165, 1.54) is 11.1 Å². The number of benzene rings is 2. The molecule has 4 rings (SSSR count). The van der Waals surface area contributed by atoms with Gasteiger partial charge in [-0.05, 0) is 30.0 Å². The number of fused-ring (bicyclic) bond motifs is 1.